The molecule has 0 spiro atoms. The second-order valence-electron chi connectivity index (χ2n) is 3.36. The van der Waals surface area contributed by atoms with E-state index in [-0.39, 0.29) is 12.5 Å². The highest BCUT2D eigenvalue weighted by Gasteiger charge is 2.33. The number of aliphatic carboxylic acids is 1. The molecule has 5 nitrogen and oxygen atoms in total. The monoisotopic (exact) mass is 200 g/mol. The molecule has 0 saturated carbocycles. The van der Waals surface area contributed by atoms with Crippen LogP contribution < -0.4 is 5.32 Å². The Morgan fingerprint density at radius 3 is 2.86 bits per heavy atom. The average molecular weight is 200 g/mol. The summed E-state index contributed by atoms with van der Waals surface area (Å²) < 4.78 is 0. The summed E-state index contributed by atoms with van der Waals surface area (Å²) in [7, 11) is 0. The Labute approximate surface area is 83.1 Å². The zero-order chi connectivity index (χ0) is 10.6. The van der Waals surface area contributed by atoms with Crippen LogP contribution >= 0.6 is 0 Å². The predicted molar refractivity (Wildman–Crippen MR) is 50.9 cm³/mol. The summed E-state index contributed by atoms with van der Waals surface area (Å²) in [5, 5.41) is 11.7. The van der Waals surface area contributed by atoms with Gasteiger partial charge in [0.2, 0.25) is 5.91 Å². The van der Waals surface area contributed by atoms with Crippen molar-refractivity contribution in [2.45, 2.75) is 25.8 Å². The summed E-state index contributed by atoms with van der Waals surface area (Å²) in [5.74, 6) is -1.01. The molecule has 14 heavy (non-hydrogen) atoms. The van der Waals surface area contributed by atoms with Crippen molar-refractivity contribution in [2.24, 2.45) is 0 Å². The van der Waals surface area contributed by atoms with Gasteiger partial charge in [-0.1, -0.05) is 6.92 Å². The quantitative estimate of drug-likeness (QED) is 0.652. The number of carbonyl (C=O) groups excluding carboxylic acids is 1. The molecule has 1 atom stereocenters. The first kappa shape index (κ1) is 11.0. The molecule has 0 bridgehead atoms. The van der Waals surface area contributed by atoms with Gasteiger partial charge in [0.1, 0.15) is 6.04 Å². The van der Waals surface area contributed by atoms with Gasteiger partial charge >= 0.3 is 5.97 Å². The van der Waals surface area contributed by atoms with E-state index in [0.717, 1.165) is 13.0 Å². The minimum absolute atomic E-state index is 0.114. The van der Waals surface area contributed by atoms with Crippen molar-refractivity contribution in [1.29, 1.82) is 0 Å². The molecule has 1 amide bonds. The Balaban J connectivity index is 2.49. The summed E-state index contributed by atoms with van der Waals surface area (Å²) in [4.78, 5) is 23.7. The molecule has 1 aliphatic rings. The van der Waals surface area contributed by atoms with Crippen molar-refractivity contribution < 1.29 is 14.7 Å². The molecule has 1 heterocycles. The molecule has 1 aliphatic heterocycles. The fourth-order valence-corrected chi connectivity index (χ4v) is 1.66. The Hall–Kier alpha value is -1.10. The van der Waals surface area contributed by atoms with Crippen molar-refractivity contribution in [1.82, 2.24) is 10.2 Å². The van der Waals surface area contributed by atoms with Crippen molar-refractivity contribution in [3.8, 4) is 0 Å². The third-order valence-electron chi connectivity index (χ3n) is 2.38. The Kier molecular flexibility index (Phi) is 3.88. The topological polar surface area (TPSA) is 69.6 Å². The van der Waals surface area contributed by atoms with Gasteiger partial charge in [-0.05, 0) is 19.4 Å². The molecule has 1 saturated heterocycles. The standard InChI is InChI=1S/C9H16N2O3/c1-2-10-6-8(12)11-5-3-4-7(11)9(13)14/h7,10H,2-6H2,1H3,(H,13,14)/t7-/m0/s1. The number of amides is 1. The number of hydrogen-bond acceptors (Lipinski definition) is 3. The van der Waals surface area contributed by atoms with Crippen molar-refractivity contribution in [2.75, 3.05) is 19.6 Å². The summed E-state index contributed by atoms with van der Waals surface area (Å²) in [5.41, 5.74) is 0. The lowest BCUT2D eigenvalue weighted by Crippen LogP contribution is -2.44. The number of carboxylic acids is 1. The summed E-state index contributed by atoms with van der Waals surface area (Å²) in [6.45, 7) is 3.44. The van der Waals surface area contributed by atoms with Crippen LogP contribution in [0.2, 0.25) is 0 Å². The third kappa shape index (κ3) is 2.45. The molecule has 0 aromatic carbocycles. The van der Waals surface area contributed by atoms with Crippen LogP contribution in [0, 0.1) is 0 Å². The summed E-state index contributed by atoms with van der Waals surface area (Å²) in [6, 6.07) is -0.610. The van der Waals surface area contributed by atoms with Gasteiger partial charge in [0.25, 0.3) is 0 Å². The molecular weight excluding hydrogens is 184 g/mol. The molecule has 2 N–H and O–H groups in total. The number of nitrogens with zero attached hydrogens (tertiary/aromatic N) is 1. The lowest BCUT2D eigenvalue weighted by atomic mass is 10.2. The van der Waals surface area contributed by atoms with Crippen LogP contribution in [0.1, 0.15) is 19.8 Å². The number of nitrogens with one attached hydrogen (secondary N) is 1. The van der Waals surface area contributed by atoms with Crippen LogP contribution in [0.4, 0.5) is 0 Å². The van der Waals surface area contributed by atoms with Crippen LogP contribution in [0.15, 0.2) is 0 Å². The highest BCUT2D eigenvalue weighted by molar-refractivity contribution is 5.85. The summed E-state index contributed by atoms with van der Waals surface area (Å²) >= 11 is 0. The first-order chi connectivity index (χ1) is 6.66. The molecule has 80 valence electrons. The minimum Gasteiger partial charge on any atom is -0.480 e. The second-order valence-corrected chi connectivity index (χ2v) is 3.36. The highest BCUT2D eigenvalue weighted by atomic mass is 16.4. The molecule has 0 radical (unpaired) electrons. The Morgan fingerprint density at radius 2 is 2.29 bits per heavy atom. The Bertz CT molecular complexity index is 230. The number of rotatable bonds is 4. The van der Waals surface area contributed by atoms with E-state index >= 15 is 0 Å². The van der Waals surface area contributed by atoms with Crippen molar-refractivity contribution in [3.05, 3.63) is 0 Å². The van der Waals surface area contributed by atoms with E-state index in [2.05, 4.69) is 5.32 Å². The zero-order valence-corrected chi connectivity index (χ0v) is 8.32. The van der Waals surface area contributed by atoms with Gasteiger partial charge in [-0.25, -0.2) is 4.79 Å². The van der Waals surface area contributed by atoms with Crippen LogP contribution in [0.3, 0.4) is 0 Å². The minimum atomic E-state index is -0.896. The number of carbonyl (C=O) groups is 2. The summed E-state index contributed by atoms with van der Waals surface area (Å²) in [6.07, 6.45) is 1.36. The fourth-order valence-electron chi connectivity index (χ4n) is 1.66. The van der Waals surface area contributed by atoms with Gasteiger partial charge in [0.05, 0.1) is 6.54 Å². The van der Waals surface area contributed by atoms with Crippen LogP contribution in [0.25, 0.3) is 0 Å². The third-order valence-corrected chi connectivity index (χ3v) is 2.38. The number of carboxylic acid groups (broad SMARTS) is 1. The normalized spacial score (nSPS) is 21.2. The van der Waals surface area contributed by atoms with Gasteiger partial charge in [-0.15, -0.1) is 0 Å². The molecule has 0 aromatic rings. The zero-order valence-electron chi connectivity index (χ0n) is 8.32. The van der Waals surface area contributed by atoms with Crippen LogP contribution in [-0.4, -0.2) is 47.6 Å². The largest absolute Gasteiger partial charge is 0.480 e. The SMILES string of the molecule is CCNCC(=O)N1CCC[C@H]1C(=O)O. The molecule has 5 heteroatoms. The van der Waals surface area contributed by atoms with Crippen molar-refractivity contribution >= 4 is 11.9 Å². The van der Waals surface area contributed by atoms with Gasteiger partial charge in [0, 0.05) is 6.54 Å². The highest BCUT2D eigenvalue weighted by Crippen LogP contribution is 2.16. The number of likely N-dealkylation sites (tertiary alicyclic amines) is 1. The van der Waals surface area contributed by atoms with E-state index in [0.29, 0.717) is 13.0 Å². The van der Waals surface area contributed by atoms with E-state index < -0.39 is 12.0 Å². The fraction of sp³-hybridized carbons (Fsp3) is 0.778. The molecule has 1 rings (SSSR count). The lowest BCUT2D eigenvalue weighted by molar-refractivity contribution is -0.147. The van der Waals surface area contributed by atoms with E-state index in [1.165, 1.54) is 4.90 Å². The second kappa shape index (κ2) is 4.95. The maximum absolute atomic E-state index is 11.5. The molecular formula is C9H16N2O3. The number of likely N-dealkylation sites (N-methyl/N-ethyl adjacent to an activating group) is 1. The molecule has 1 fully saturated rings. The number of hydrogen-bond donors (Lipinski definition) is 2. The van der Waals surface area contributed by atoms with Gasteiger partial charge in [0.15, 0.2) is 0 Å². The first-order valence-electron chi connectivity index (χ1n) is 4.89. The maximum Gasteiger partial charge on any atom is 0.326 e. The van der Waals surface area contributed by atoms with Gasteiger partial charge < -0.3 is 15.3 Å². The molecule has 0 unspecified atom stereocenters. The van der Waals surface area contributed by atoms with E-state index in [4.69, 9.17) is 5.11 Å². The predicted octanol–water partition coefficient (Wildman–Crippen LogP) is -0.328. The van der Waals surface area contributed by atoms with Crippen LogP contribution in [0.5, 0.6) is 0 Å². The first-order valence-corrected chi connectivity index (χ1v) is 4.89. The average Bonchev–Trinajstić information content (AvgIpc) is 2.62. The van der Waals surface area contributed by atoms with Gasteiger partial charge in [-0.3, -0.25) is 4.79 Å². The Morgan fingerprint density at radius 1 is 1.57 bits per heavy atom. The van der Waals surface area contributed by atoms with E-state index in [1.807, 2.05) is 6.92 Å². The maximum atomic E-state index is 11.5. The van der Waals surface area contributed by atoms with E-state index in [9.17, 15) is 9.59 Å². The smallest absolute Gasteiger partial charge is 0.326 e. The van der Waals surface area contributed by atoms with Crippen LogP contribution in [-0.2, 0) is 9.59 Å². The lowest BCUT2D eigenvalue weighted by Gasteiger charge is -2.21. The van der Waals surface area contributed by atoms with Gasteiger partial charge in [-0.2, -0.15) is 0 Å². The molecule has 0 aliphatic carbocycles. The molecule has 0 aromatic heterocycles. The van der Waals surface area contributed by atoms with E-state index in [1.54, 1.807) is 0 Å². The van der Waals surface area contributed by atoms with Crippen molar-refractivity contribution in [3.63, 3.8) is 0 Å².